The van der Waals surface area contributed by atoms with Crippen molar-refractivity contribution in [1.29, 1.82) is 0 Å². The Labute approximate surface area is 91.5 Å². The number of nitrogens with one attached hydrogen (secondary N) is 1. The van der Waals surface area contributed by atoms with Gasteiger partial charge in [0.25, 0.3) is 0 Å². The van der Waals surface area contributed by atoms with Crippen molar-refractivity contribution < 1.29 is 9.63 Å². The first-order valence-electron chi connectivity index (χ1n) is 5.49. The summed E-state index contributed by atoms with van der Waals surface area (Å²) in [6.07, 6.45) is 1.75. The Bertz CT molecular complexity index is 241. The van der Waals surface area contributed by atoms with Gasteiger partial charge in [-0.3, -0.25) is 9.63 Å². The molecule has 0 radical (unpaired) electrons. The van der Waals surface area contributed by atoms with Crippen molar-refractivity contribution in [1.82, 2.24) is 5.48 Å². The van der Waals surface area contributed by atoms with E-state index >= 15 is 0 Å². The van der Waals surface area contributed by atoms with E-state index in [-0.39, 0.29) is 23.3 Å². The molecule has 1 rings (SSSR count). The molecule has 0 spiro atoms. The summed E-state index contributed by atoms with van der Waals surface area (Å²) in [7, 11) is 1.46. The fraction of sp³-hybridized carbons (Fsp3) is 0.909. The summed E-state index contributed by atoms with van der Waals surface area (Å²) in [5.41, 5.74) is 8.38. The standard InChI is InChI=1S/C11H22N2O2/c1-7-9(12)6-5-8(11(7,2)3)10(14)13-15-4/h7-9H,5-6,12H2,1-4H3,(H,13,14). The van der Waals surface area contributed by atoms with Crippen LogP contribution >= 0.6 is 0 Å². The normalized spacial score (nSPS) is 34.9. The highest BCUT2D eigenvalue weighted by Gasteiger charge is 2.44. The summed E-state index contributed by atoms with van der Waals surface area (Å²) in [4.78, 5) is 16.5. The maximum absolute atomic E-state index is 11.8. The monoisotopic (exact) mass is 214 g/mol. The molecule has 0 heterocycles. The molecular formula is C11H22N2O2. The first kappa shape index (κ1) is 12.5. The first-order chi connectivity index (χ1) is 6.91. The van der Waals surface area contributed by atoms with Crippen molar-refractivity contribution in [2.24, 2.45) is 23.0 Å². The Morgan fingerprint density at radius 3 is 2.60 bits per heavy atom. The average molecular weight is 214 g/mol. The fourth-order valence-corrected chi connectivity index (χ4v) is 2.49. The van der Waals surface area contributed by atoms with Gasteiger partial charge in [0.05, 0.1) is 7.11 Å². The number of amides is 1. The molecule has 0 aromatic heterocycles. The second kappa shape index (κ2) is 4.49. The molecule has 0 bridgehead atoms. The molecule has 1 amide bonds. The minimum absolute atomic E-state index is 0.00718. The zero-order valence-corrected chi connectivity index (χ0v) is 10.0. The van der Waals surface area contributed by atoms with E-state index in [9.17, 15) is 4.79 Å². The smallest absolute Gasteiger partial charge is 0.247 e. The molecule has 15 heavy (non-hydrogen) atoms. The summed E-state index contributed by atoms with van der Waals surface area (Å²) in [6.45, 7) is 6.34. The number of rotatable bonds is 2. The summed E-state index contributed by atoms with van der Waals surface area (Å²) in [5, 5.41) is 0. The molecule has 4 heteroatoms. The van der Waals surface area contributed by atoms with Crippen molar-refractivity contribution in [2.75, 3.05) is 7.11 Å². The van der Waals surface area contributed by atoms with Gasteiger partial charge in [-0.1, -0.05) is 20.8 Å². The maximum atomic E-state index is 11.8. The van der Waals surface area contributed by atoms with Crippen LogP contribution < -0.4 is 11.2 Å². The van der Waals surface area contributed by atoms with Crippen molar-refractivity contribution >= 4 is 5.91 Å². The quantitative estimate of drug-likeness (QED) is 0.676. The first-order valence-corrected chi connectivity index (χ1v) is 5.49. The van der Waals surface area contributed by atoms with Gasteiger partial charge in [-0.05, 0) is 24.2 Å². The van der Waals surface area contributed by atoms with Gasteiger partial charge in [0.2, 0.25) is 5.91 Å². The molecule has 3 unspecified atom stereocenters. The number of hydrogen-bond donors (Lipinski definition) is 2. The van der Waals surface area contributed by atoms with Crippen LogP contribution in [0.4, 0.5) is 0 Å². The minimum Gasteiger partial charge on any atom is -0.327 e. The predicted molar refractivity (Wildman–Crippen MR) is 58.8 cm³/mol. The van der Waals surface area contributed by atoms with Gasteiger partial charge < -0.3 is 5.73 Å². The highest BCUT2D eigenvalue weighted by molar-refractivity contribution is 5.78. The van der Waals surface area contributed by atoms with E-state index in [0.717, 1.165) is 12.8 Å². The zero-order chi connectivity index (χ0) is 11.6. The maximum Gasteiger partial charge on any atom is 0.247 e. The molecule has 0 aliphatic heterocycles. The van der Waals surface area contributed by atoms with E-state index in [1.54, 1.807) is 0 Å². The van der Waals surface area contributed by atoms with Gasteiger partial charge in [0.1, 0.15) is 0 Å². The minimum atomic E-state index is -0.0692. The number of carbonyl (C=O) groups excluding carboxylic acids is 1. The third-order valence-corrected chi connectivity index (χ3v) is 4.02. The Morgan fingerprint density at radius 2 is 2.07 bits per heavy atom. The Hall–Kier alpha value is -0.610. The molecular weight excluding hydrogens is 192 g/mol. The van der Waals surface area contributed by atoms with E-state index < -0.39 is 0 Å². The number of carbonyl (C=O) groups is 1. The van der Waals surface area contributed by atoms with Crippen molar-refractivity contribution in [2.45, 2.75) is 39.7 Å². The zero-order valence-electron chi connectivity index (χ0n) is 10.0. The van der Waals surface area contributed by atoms with Gasteiger partial charge in [0.15, 0.2) is 0 Å². The molecule has 3 atom stereocenters. The number of hydroxylamine groups is 1. The van der Waals surface area contributed by atoms with Crippen molar-refractivity contribution in [3.8, 4) is 0 Å². The number of hydrogen-bond acceptors (Lipinski definition) is 3. The van der Waals surface area contributed by atoms with Crippen LogP contribution in [-0.4, -0.2) is 19.1 Å². The summed E-state index contributed by atoms with van der Waals surface area (Å²) in [6, 6.07) is 0.201. The molecule has 88 valence electrons. The van der Waals surface area contributed by atoms with Crippen LogP contribution in [0.5, 0.6) is 0 Å². The summed E-state index contributed by atoms with van der Waals surface area (Å²) >= 11 is 0. The third-order valence-electron chi connectivity index (χ3n) is 4.02. The largest absolute Gasteiger partial charge is 0.327 e. The van der Waals surface area contributed by atoms with Crippen LogP contribution in [-0.2, 0) is 9.63 Å². The van der Waals surface area contributed by atoms with E-state index in [0.29, 0.717) is 5.92 Å². The highest BCUT2D eigenvalue weighted by Crippen LogP contribution is 2.44. The van der Waals surface area contributed by atoms with Gasteiger partial charge >= 0.3 is 0 Å². The molecule has 0 aromatic rings. The van der Waals surface area contributed by atoms with Crippen molar-refractivity contribution in [3.63, 3.8) is 0 Å². The van der Waals surface area contributed by atoms with E-state index in [1.165, 1.54) is 7.11 Å². The lowest BCUT2D eigenvalue weighted by molar-refractivity contribution is -0.143. The van der Waals surface area contributed by atoms with Gasteiger partial charge in [-0.15, -0.1) is 0 Å². The lowest BCUT2D eigenvalue weighted by Gasteiger charge is -2.45. The van der Waals surface area contributed by atoms with Crippen LogP contribution in [0.2, 0.25) is 0 Å². The van der Waals surface area contributed by atoms with E-state index in [4.69, 9.17) is 5.73 Å². The van der Waals surface area contributed by atoms with E-state index in [2.05, 4.69) is 31.1 Å². The second-order valence-corrected chi connectivity index (χ2v) is 5.07. The van der Waals surface area contributed by atoms with Crippen molar-refractivity contribution in [3.05, 3.63) is 0 Å². The van der Waals surface area contributed by atoms with Crippen LogP contribution in [0.3, 0.4) is 0 Å². The van der Waals surface area contributed by atoms with Crippen LogP contribution in [0.15, 0.2) is 0 Å². The lowest BCUT2D eigenvalue weighted by atomic mass is 9.61. The fourth-order valence-electron chi connectivity index (χ4n) is 2.49. The Morgan fingerprint density at radius 1 is 1.47 bits per heavy atom. The molecule has 1 aliphatic rings. The topological polar surface area (TPSA) is 64.3 Å². The second-order valence-electron chi connectivity index (χ2n) is 5.07. The Balaban J connectivity index is 2.77. The summed E-state index contributed by atoms with van der Waals surface area (Å²) in [5.74, 6) is 0.312. The van der Waals surface area contributed by atoms with Crippen LogP contribution in [0.25, 0.3) is 0 Å². The van der Waals surface area contributed by atoms with Crippen LogP contribution in [0, 0.1) is 17.3 Å². The Kier molecular flexibility index (Phi) is 3.73. The third kappa shape index (κ3) is 2.32. The number of nitrogens with two attached hydrogens (primary N) is 1. The average Bonchev–Trinajstić information content (AvgIpc) is 2.14. The molecule has 1 saturated carbocycles. The van der Waals surface area contributed by atoms with Gasteiger partial charge in [0, 0.05) is 12.0 Å². The summed E-state index contributed by atoms with van der Waals surface area (Å²) < 4.78 is 0. The molecule has 1 fully saturated rings. The lowest BCUT2D eigenvalue weighted by Crippen LogP contribution is -2.51. The predicted octanol–water partition coefficient (Wildman–Crippen LogP) is 1.06. The molecule has 4 nitrogen and oxygen atoms in total. The molecule has 3 N–H and O–H groups in total. The van der Waals surface area contributed by atoms with Crippen LogP contribution in [0.1, 0.15) is 33.6 Å². The van der Waals surface area contributed by atoms with Gasteiger partial charge in [-0.25, -0.2) is 5.48 Å². The van der Waals surface area contributed by atoms with E-state index in [1.807, 2.05) is 0 Å². The molecule has 0 aromatic carbocycles. The SMILES string of the molecule is CONC(=O)C1CCC(N)C(C)C1(C)C. The van der Waals surface area contributed by atoms with Gasteiger partial charge in [-0.2, -0.15) is 0 Å². The molecule has 1 aliphatic carbocycles. The molecule has 0 saturated heterocycles. The highest BCUT2D eigenvalue weighted by atomic mass is 16.6.